The number of sulfone groups is 1. The molecule has 0 aliphatic carbocycles. The molecule has 0 aliphatic heterocycles. The maximum Gasteiger partial charge on any atom is 0.207 e. The molecule has 0 spiro atoms. The SMILES string of the molecule is Cc1ccc(S(=O)(=O)c2ccc(C)cc2C(I)I)c(C(I)I)c1.On1ccccc1=S.[Na]. The second kappa shape index (κ2) is 14.3. The number of alkyl halides is 4. The third-order valence-electron chi connectivity index (χ3n) is 4.18. The number of nitrogens with zero attached hydrogens (tertiary/aromatic N) is 1. The maximum atomic E-state index is 13.3. The molecule has 0 fully saturated rings. The average Bonchev–Trinajstić information content (AvgIpc) is 2.70. The Balaban J connectivity index is 0.000000480. The molecule has 1 N–H and O–H groups in total. The molecule has 0 amide bonds. The van der Waals surface area contributed by atoms with Gasteiger partial charge in [0.1, 0.15) is 4.64 Å². The Bertz CT molecular complexity index is 1170. The molecule has 1 aromatic heterocycles. The Hall–Kier alpha value is 1.48. The molecule has 4 nitrogen and oxygen atoms in total. The Morgan fingerprint density at radius 3 is 1.59 bits per heavy atom. The summed E-state index contributed by atoms with van der Waals surface area (Å²) in [5.41, 5.74) is 3.86. The minimum absolute atomic E-state index is 0. The van der Waals surface area contributed by atoms with Crippen LogP contribution in [-0.2, 0) is 9.84 Å². The fourth-order valence-corrected chi connectivity index (χ4v) is 7.45. The largest absolute Gasteiger partial charge is 0.428 e. The predicted molar refractivity (Wildman–Crippen MR) is 168 cm³/mol. The number of aromatic nitrogens is 1. The van der Waals surface area contributed by atoms with E-state index in [-0.39, 0.29) is 33.4 Å². The summed E-state index contributed by atoms with van der Waals surface area (Å²) < 4.78 is 28.1. The van der Waals surface area contributed by atoms with Crippen LogP contribution in [0, 0.1) is 18.5 Å². The summed E-state index contributed by atoms with van der Waals surface area (Å²) in [7, 11) is -3.54. The first-order valence-electron chi connectivity index (χ1n) is 8.84. The number of rotatable bonds is 4. The zero-order valence-corrected chi connectivity index (χ0v) is 29.7. The van der Waals surface area contributed by atoms with Crippen molar-refractivity contribution in [2.75, 3.05) is 0 Å². The van der Waals surface area contributed by atoms with Crippen molar-refractivity contribution in [2.24, 2.45) is 0 Å². The molecule has 167 valence electrons. The van der Waals surface area contributed by atoms with Crippen molar-refractivity contribution in [3.8, 4) is 0 Å². The summed E-state index contributed by atoms with van der Waals surface area (Å²) in [5, 5.41) is 8.73. The molecule has 32 heavy (non-hydrogen) atoms. The molecule has 0 saturated carbocycles. The summed E-state index contributed by atoms with van der Waals surface area (Å²) in [4.78, 5) is 0.825. The van der Waals surface area contributed by atoms with E-state index in [4.69, 9.17) is 5.21 Å². The molecule has 0 bridgehead atoms. The first kappa shape index (κ1) is 31.5. The van der Waals surface area contributed by atoms with Crippen molar-refractivity contribution in [3.05, 3.63) is 87.7 Å². The van der Waals surface area contributed by atoms with Crippen molar-refractivity contribution in [1.82, 2.24) is 4.73 Å². The zero-order chi connectivity index (χ0) is 23.3. The fraction of sp³-hybridized carbons (Fsp3) is 0.190. The number of pyridine rings is 1. The van der Waals surface area contributed by atoms with Crippen LogP contribution in [-0.4, -0.2) is 47.9 Å². The molecule has 1 radical (unpaired) electrons. The number of halogens is 4. The molecule has 2 aromatic carbocycles. The van der Waals surface area contributed by atoms with Crippen LogP contribution in [0.1, 0.15) is 26.1 Å². The third kappa shape index (κ3) is 8.55. The van der Waals surface area contributed by atoms with Gasteiger partial charge < -0.3 is 5.21 Å². The average molecular weight is 928 g/mol. The molecule has 0 unspecified atom stereocenters. The molecule has 0 aliphatic rings. The maximum absolute atomic E-state index is 13.3. The summed E-state index contributed by atoms with van der Waals surface area (Å²) in [5.74, 6) is 0. The van der Waals surface area contributed by atoms with Crippen molar-refractivity contribution < 1.29 is 13.6 Å². The van der Waals surface area contributed by atoms with Crippen LogP contribution in [0.3, 0.4) is 0 Å². The Morgan fingerprint density at radius 2 is 1.28 bits per heavy atom. The van der Waals surface area contributed by atoms with E-state index in [1.807, 2.05) is 38.1 Å². The molecular formula is C21H19I4NNaO3S2. The minimum Gasteiger partial charge on any atom is -0.428 e. The second-order valence-corrected chi connectivity index (χ2v) is 18.6. The van der Waals surface area contributed by atoms with E-state index >= 15 is 0 Å². The van der Waals surface area contributed by atoms with Crippen molar-refractivity contribution in [3.63, 3.8) is 0 Å². The molecule has 3 aromatic rings. The van der Waals surface area contributed by atoms with E-state index in [2.05, 4.69) is 103 Å². The normalized spacial score (nSPS) is 11.0. The topological polar surface area (TPSA) is 59.3 Å². The van der Waals surface area contributed by atoms with Gasteiger partial charge in [0.2, 0.25) is 9.84 Å². The van der Waals surface area contributed by atoms with Crippen LogP contribution in [0.25, 0.3) is 0 Å². The van der Waals surface area contributed by atoms with Gasteiger partial charge in [-0.25, -0.2) is 8.42 Å². The van der Waals surface area contributed by atoms with E-state index in [1.54, 1.807) is 30.3 Å². The van der Waals surface area contributed by atoms with Crippen molar-refractivity contribution in [2.45, 2.75) is 27.5 Å². The van der Waals surface area contributed by atoms with Gasteiger partial charge in [0.05, 0.1) is 13.7 Å². The second-order valence-electron chi connectivity index (χ2n) is 6.57. The smallest absolute Gasteiger partial charge is 0.207 e. The first-order chi connectivity index (χ1) is 14.4. The number of hydrogen-bond acceptors (Lipinski definition) is 4. The Labute approximate surface area is 271 Å². The van der Waals surface area contributed by atoms with Crippen LogP contribution in [0.5, 0.6) is 0 Å². The van der Waals surface area contributed by atoms with Gasteiger partial charge in [-0.1, -0.05) is 144 Å². The van der Waals surface area contributed by atoms with Crippen molar-refractivity contribution in [1.29, 1.82) is 0 Å². The predicted octanol–water partition coefficient (Wildman–Crippen LogP) is 7.95. The van der Waals surface area contributed by atoms with E-state index < -0.39 is 9.84 Å². The first-order valence-corrected chi connectivity index (χ1v) is 15.7. The molecule has 1 heterocycles. The van der Waals surface area contributed by atoms with Crippen LogP contribution in [0.4, 0.5) is 0 Å². The summed E-state index contributed by atoms with van der Waals surface area (Å²) in [6.45, 7) is 3.97. The Morgan fingerprint density at radius 1 is 0.844 bits per heavy atom. The van der Waals surface area contributed by atoms with Gasteiger partial charge in [0.15, 0.2) is 0 Å². The van der Waals surface area contributed by atoms with Crippen LogP contribution < -0.4 is 0 Å². The van der Waals surface area contributed by atoms with Gasteiger partial charge in [0, 0.05) is 35.8 Å². The van der Waals surface area contributed by atoms with Gasteiger partial charge in [-0.05, 0) is 49.2 Å². The van der Waals surface area contributed by atoms with Gasteiger partial charge in [-0.2, -0.15) is 4.73 Å². The molecule has 0 atom stereocenters. The van der Waals surface area contributed by atoms with E-state index in [1.165, 1.54) is 6.20 Å². The number of aryl methyl sites for hydroxylation is 2. The van der Waals surface area contributed by atoms with Gasteiger partial charge >= 0.3 is 0 Å². The summed E-state index contributed by atoms with van der Waals surface area (Å²) in [6.07, 6.45) is 1.49. The van der Waals surface area contributed by atoms with E-state index in [0.717, 1.165) is 27.0 Å². The van der Waals surface area contributed by atoms with Gasteiger partial charge in [0.25, 0.3) is 0 Å². The van der Waals surface area contributed by atoms with E-state index in [0.29, 0.717) is 14.4 Å². The van der Waals surface area contributed by atoms with Crippen molar-refractivity contribution >= 4 is 142 Å². The molecule has 0 saturated heterocycles. The zero-order valence-electron chi connectivity index (χ0n) is 17.5. The number of benzene rings is 2. The molecule has 3 rings (SSSR count). The third-order valence-corrected chi connectivity index (χ3v) is 9.09. The minimum atomic E-state index is -3.54. The summed E-state index contributed by atoms with van der Waals surface area (Å²) in [6, 6.07) is 16.3. The fourth-order valence-electron chi connectivity index (χ4n) is 2.70. The van der Waals surface area contributed by atoms with Gasteiger partial charge in [-0.3, -0.25) is 0 Å². The molecular weight excluding hydrogens is 909 g/mol. The van der Waals surface area contributed by atoms with Gasteiger partial charge in [-0.15, -0.1) is 0 Å². The quantitative estimate of drug-likeness (QED) is 0.0950. The molecule has 11 heteroatoms. The Kier molecular flexibility index (Phi) is 14.1. The number of hydrogen-bond donors (Lipinski definition) is 1. The summed E-state index contributed by atoms with van der Waals surface area (Å²) >= 11 is 13.7. The van der Waals surface area contributed by atoms with E-state index in [9.17, 15) is 8.42 Å². The van der Waals surface area contributed by atoms with Crippen LogP contribution >= 0.6 is 103 Å². The van der Waals surface area contributed by atoms with Crippen LogP contribution in [0.15, 0.2) is 70.6 Å². The monoisotopic (exact) mass is 928 g/mol. The standard InChI is InChI=1S/C16H14I4O2S.C5H5NOS.Na/c1-9-3-5-13(11(7-9)15(17)18)23(21,22)14-6-4-10(2)8-12(14)16(19)20;7-6-4-2-1-3-5(6)8;/h3-8,15-16H,1-2H3;1-4,7H;. The van der Waals surface area contributed by atoms with Crippen LogP contribution in [0.2, 0.25) is 0 Å².